The predicted molar refractivity (Wildman–Crippen MR) is 76.0 cm³/mol. The van der Waals surface area contributed by atoms with Gasteiger partial charge in [-0.1, -0.05) is 35.7 Å². The lowest BCUT2D eigenvalue weighted by Gasteiger charge is -2.33. The number of ether oxygens (including phenoxy) is 1. The molecule has 1 aromatic carbocycles. The van der Waals surface area contributed by atoms with E-state index in [-0.39, 0.29) is 12.0 Å². The van der Waals surface area contributed by atoms with E-state index in [0.29, 0.717) is 0 Å². The van der Waals surface area contributed by atoms with Crippen LogP contribution in [0.4, 0.5) is 0 Å². The number of esters is 1. The fourth-order valence-electron chi connectivity index (χ4n) is 2.98. The van der Waals surface area contributed by atoms with Crippen LogP contribution in [0.3, 0.4) is 0 Å². The maximum Gasteiger partial charge on any atom is 0.323 e. The fraction of sp³-hybridized carbons (Fsp3) is 0.562. The predicted octanol–water partition coefficient (Wildman–Crippen LogP) is 2.83. The van der Waals surface area contributed by atoms with E-state index in [1.54, 1.807) is 0 Å². The van der Waals surface area contributed by atoms with E-state index in [1.165, 1.54) is 23.8 Å². The third kappa shape index (κ3) is 3.57. The fourth-order valence-corrected chi connectivity index (χ4v) is 2.98. The van der Waals surface area contributed by atoms with Gasteiger partial charge in [-0.2, -0.15) is 0 Å². The topological polar surface area (TPSA) is 29.5 Å². The van der Waals surface area contributed by atoms with Crippen LogP contribution in [-0.4, -0.2) is 30.6 Å². The molecule has 0 spiro atoms. The summed E-state index contributed by atoms with van der Waals surface area (Å²) in [5.41, 5.74) is 3.84. The van der Waals surface area contributed by atoms with Crippen LogP contribution in [0.5, 0.6) is 0 Å². The molecule has 104 valence electrons. The molecule has 0 radical (unpaired) electrons. The average molecular weight is 261 g/mol. The Labute approximate surface area is 115 Å². The van der Waals surface area contributed by atoms with E-state index in [4.69, 9.17) is 4.74 Å². The third-order valence-electron chi connectivity index (χ3n) is 3.75. The second kappa shape index (κ2) is 6.20. The number of methoxy groups -OCH3 is 1. The first-order valence-corrected chi connectivity index (χ1v) is 6.99. The lowest BCUT2D eigenvalue weighted by molar-refractivity contribution is -0.148. The van der Waals surface area contributed by atoms with Gasteiger partial charge in [0.05, 0.1) is 7.11 Å². The number of carbonyl (C=O) groups excluding carboxylic acids is 1. The van der Waals surface area contributed by atoms with Crippen molar-refractivity contribution in [3.8, 4) is 0 Å². The summed E-state index contributed by atoms with van der Waals surface area (Å²) in [7, 11) is 1.48. The molecule has 1 heterocycles. The van der Waals surface area contributed by atoms with Gasteiger partial charge in [-0.05, 0) is 38.8 Å². The van der Waals surface area contributed by atoms with E-state index in [9.17, 15) is 4.79 Å². The average Bonchev–Trinajstić information content (AvgIpc) is 2.37. The van der Waals surface area contributed by atoms with Crippen molar-refractivity contribution in [1.29, 1.82) is 0 Å². The van der Waals surface area contributed by atoms with Gasteiger partial charge in [-0.15, -0.1) is 0 Å². The number of benzene rings is 1. The first kappa shape index (κ1) is 14.1. The van der Waals surface area contributed by atoms with Gasteiger partial charge < -0.3 is 4.74 Å². The van der Waals surface area contributed by atoms with Crippen molar-refractivity contribution in [2.75, 3.05) is 13.7 Å². The number of aryl methyl sites for hydroxylation is 2. The minimum absolute atomic E-state index is 0.0698. The summed E-state index contributed by atoms with van der Waals surface area (Å²) in [6.07, 6.45) is 3.19. The van der Waals surface area contributed by atoms with E-state index < -0.39 is 0 Å². The molecule has 1 atom stereocenters. The molecule has 0 amide bonds. The molecule has 0 saturated carbocycles. The number of hydrogen-bond donors (Lipinski definition) is 0. The minimum Gasteiger partial charge on any atom is -0.468 e. The van der Waals surface area contributed by atoms with Gasteiger partial charge in [0.1, 0.15) is 6.04 Å². The van der Waals surface area contributed by atoms with Crippen LogP contribution in [0.1, 0.15) is 36.0 Å². The Kier molecular flexibility index (Phi) is 4.59. The highest BCUT2D eigenvalue weighted by Gasteiger charge is 2.29. The molecule has 0 aromatic heterocycles. The molecule has 1 aliphatic heterocycles. The van der Waals surface area contributed by atoms with Crippen LogP contribution in [0.25, 0.3) is 0 Å². The summed E-state index contributed by atoms with van der Waals surface area (Å²) in [5, 5.41) is 0. The van der Waals surface area contributed by atoms with Crippen LogP contribution in [-0.2, 0) is 16.1 Å². The van der Waals surface area contributed by atoms with Crippen LogP contribution in [0.15, 0.2) is 18.2 Å². The second-order valence-corrected chi connectivity index (χ2v) is 5.50. The van der Waals surface area contributed by atoms with Crippen molar-refractivity contribution in [3.63, 3.8) is 0 Å². The first-order valence-electron chi connectivity index (χ1n) is 6.99. The molecular weight excluding hydrogens is 238 g/mol. The molecular formula is C16H23NO2. The Balaban J connectivity index is 2.12. The number of rotatable bonds is 3. The van der Waals surface area contributed by atoms with E-state index in [0.717, 1.165) is 32.4 Å². The quantitative estimate of drug-likeness (QED) is 0.784. The van der Waals surface area contributed by atoms with E-state index in [2.05, 4.69) is 36.9 Å². The highest BCUT2D eigenvalue weighted by molar-refractivity contribution is 5.75. The Hall–Kier alpha value is -1.35. The minimum atomic E-state index is -0.0934. The number of hydrogen-bond acceptors (Lipinski definition) is 3. The summed E-state index contributed by atoms with van der Waals surface area (Å²) in [6, 6.07) is 6.52. The summed E-state index contributed by atoms with van der Waals surface area (Å²) >= 11 is 0. The number of carbonyl (C=O) groups is 1. The molecule has 0 N–H and O–H groups in total. The van der Waals surface area contributed by atoms with E-state index in [1.807, 2.05) is 0 Å². The highest BCUT2D eigenvalue weighted by Crippen LogP contribution is 2.21. The standard InChI is InChI=1S/C16H23NO2/c1-12-8-13(2)10-14(9-12)11-17-7-5-4-6-15(17)16(18)19-3/h8-10,15H,4-7,11H2,1-3H3/t15-/m1/s1. The van der Waals surface area contributed by atoms with Crippen LogP contribution in [0.2, 0.25) is 0 Å². The lowest BCUT2D eigenvalue weighted by Crippen LogP contribution is -2.44. The molecule has 1 saturated heterocycles. The second-order valence-electron chi connectivity index (χ2n) is 5.50. The lowest BCUT2D eigenvalue weighted by atomic mass is 10.00. The van der Waals surface area contributed by atoms with Crippen LogP contribution >= 0.6 is 0 Å². The monoisotopic (exact) mass is 261 g/mol. The van der Waals surface area contributed by atoms with Gasteiger partial charge >= 0.3 is 5.97 Å². The Morgan fingerprint density at radius 2 is 1.95 bits per heavy atom. The number of piperidine rings is 1. The molecule has 3 heteroatoms. The molecule has 3 nitrogen and oxygen atoms in total. The van der Waals surface area contributed by atoms with Gasteiger partial charge in [0.2, 0.25) is 0 Å². The van der Waals surface area contributed by atoms with Crippen LogP contribution < -0.4 is 0 Å². The van der Waals surface area contributed by atoms with Crippen molar-refractivity contribution in [1.82, 2.24) is 4.90 Å². The van der Waals surface area contributed by atoms with Crippen molar-refractivity contribution in [2.24, 2.45) is 0 Å². The maximum atomic E-state index is 11.8. The zero-order valence-corrected chi connectivity index (χ0v) is 12.1. The SMILES string of the molecule is COC(=O)[C@H]1CCCCN1Cc1cc(C)cc(C)c1. The van der Waals surface area contributed by atoms with E-state index >= 15 is 0 Å². The highest BCUT2D eigenvalue weighted by atomic mass is 16.5. The molecule has 0 bridgehead atoms. The van der Waals surface area contributed by atoms with Crippen molar-refractivity contribution < 1.29 is 9.53 Å². The van der Waals surface area contributed by atoms with Gasteiger partial charge in [0, 0.05) is 6.54 Å². The molecule has 1 aliphatic rings. The van der Waals surface area contributed by atoms with Gasteiger partial charge in [0.25, 0.3) is 0 Å². The summed E-state index contributed by atoms with van der Waals surface area (Å²) < 4.78 is 4.92. The molecule has 1 aromatic rings. The molecule has 1 fully saturated rings. The van der Waals surface area contributed by atoms with Gasteiger partial charge in [-0.25, -0.2) is 0 Å². The molecule has 0 aliphatic carbocycles. The van der Waals surface area contributed by atoms with Gasteiger partial charge in [0.15, 0.2) is 0 Å². The normalized spacial score (nSPS) is 20.3. The maximum absolute atomic E-state index is 11.8. The summed E-state index contributed by atoms with van der Waals surface area (Å²) in [5.74, 6) is -0.0934. The number of likely N-dealkylation sites (tertiary alicyclic amines) is 1. The Morgan fingerprint density at radius 3 is 2.58 bits per heavy atom. The number of nitrogens with zero attached hydrogens (tertiary/aromatic N) is 1. The summed E-state index contributed by atoms with van der Waals surface area (Å²) in [4.78, 5) is 14.1. The third-order valence-corrected chi connectivity index (χ3v) is 3.75. The zero-order valence-electron chi connectivity index (χ0n) is 12.1. The van der Waals surface area contributed by atoms with Crippen molar-refractivity contribution >= 4 is 5.97 Å². The zero-order chi connectivity index (χ0) is 13.8. The smallest absolute Gasteiger partial charge is 0.323 e. The molecule has 0 unspecified atom stereocenters. The largest absolute Gasteiger partial charge is 0.468 e. The first-order chi connectivity index (χ1) is 9.10. The Morgan fingerprint density at radius 1 is 1.26 bits per heavy atom. The molecule has 2 rings (SSSR count). The van der Waals surface area contributed by atoms with Gasteiger partial charge in [-0.3, -0.25) is 9.69 Å². The van der Waals surface area contributed by atoms with Crippen LogP contribution in [0, 0.1) is 13.8 Å². The Bertz CT molecular complexity index is 436. The molecule has 19 heavy (non-hydrogen) atoms. The van der Waals surface area contributed by atoms with Crippen molar-refractivity contribution in [3.05, 3.63) is 34.9 Å². The summed E-state index contributed by atoms with van der Waals surface area (Å²) in [6.45, 7) is 6.05. The van der Waals surface area contributed by atoms with Crippen molar-refractivity contribution in [2.45, 2.75) is 45.7 Å².